The molecule has 0 aliphatic carbocycles. The number of nitrogens with one attached hydrogen (secondary N) is 1. The molecule has 2 aromatic rings. The summed E-state index contributed by atoms with van der Waals surface area (Å²) in [5, 5.41) is 6.34. The van der Waals surface area contributed by atoms with E-state index >= 15 is 0 Å². The van der Waals surface area contributed by atoms with Crippen LogP contribution in [0.25, 0.3) is 0 Å². The summed E-state index contributed by atoms with van der Waals surface area (Å²) >= 11 is 7.21. The fraction of sp³-hybridized carbons (Fsp3) is 0.182. The first kappa shape index (κ1) is 12.0. The van der Waals surface area contributed by atoms with Gasteiger partial charge in [0.05, 0.1) is 0 Å². The van der Waals surface area contributed by atoms with Crippen LogP contribution in [0.15, 0.2) is 34.9 Å². The molecular formula is C11H11ClN4S. The number of thiazole rings is 1. The van der Waals surface area contributed by atoms with Crippen LogP contribution in [0.2, 0.25) is 5.15 Å². The van der Waals surface area contributed by atoms with E-state index < -0.39 is 0 Å². The number of hydrogen-bond acceptors (Lipinski definition) is 4. The molecule has 0 bridgehead atoms. The summed E-state index contributed by atoms with van der Waals surface area (Å²) in [6.07, 6.45) is 3.48. The fourth-order valence-electron chi connectivity index (χ4n) is 1.20. The summed E-state index contributed by atoms with van der Waals surface area (Å²) in [5.74, 6) is 0.829. The molecule has 0 radical (unpaired) electrons. The van der Waals surface area contributed by atoms with Crippen molar-refractivity contribution < 1.29 is 0 Å². The lowest BCUT2D eigenvalue weighted by Crippen LogP contribution is -2.19. The largest absolute Gasteiger partial charge is 0.370 e. The first-order chi connectivity index (χ1) is 8.24. The highest BCUT2D eigenvalue weighted by atomic mass is 35.5. The Kier molecular flexibility index (Phi) is 4.06. The highest BCUT2D eigenvalue weighted by Crippen LogP contribution is 2.14. The van der Waals surface area contributed by atoms with Crippen LogP contribution in [0, 0.1) is 0 Å². The second kappa shape index (κ2) is 5.75. The van der Waals surface area contributed by atoms with Crippen molar-refractivity contribution in [3.8, 4) is 0 Å². The number of hydrogen-bond donors (Lipinski definition) is 1. The topological polar surface area (TPSA) is 50.2 Å². The molecule has 0 spiro atoms. The number of halogens is 1. The fourth-order valence-corrected chi connectivity index (χ4v) is 1.86. The standard InChI is InChI=1S/C11H11ClN4S/c1-8(16-11-13-4-5-17-11)14-6-9-2-3-10(12)15-7-9/h2-5,7H,6H2,1H3,(H,13,14,16). The van der Waals surface area contributed by atoms with Crippen molar-refractivity contribution in [3.63, 3.8) is 0 Å². The first-order valence-electron chi connectivity index (χ1n) is 5.03. The minimum Gasteiger partial charge on any atom is -0.370 e. The molecule has 0 unspecified atom stereocenters. The number of amidine groups is 1. The molecule has 2 aromatic heterocycles. The molecular weight excluding hydrogens is 256 g/mol. The lowest BCUT2D eigenvalue weighted by Gasteiger charge is -2.04. The van der Waals surface area contributed by atoms with Crippen molar-refractivity contribution in [1.82, 2.24) is 15.3 Å². The molecule has 0 aliphatic rings. The van der Waals surface area contributed by atoms with Gasteiger partial charge < -0.3 is 5.32 Å². The highest BCUT2D eigenvalue weighted by molar-refractivity contribution is 7.13. The van der Waals surface area contributed by atoms with Crippen molar-refractivity contribution in [1.29, 1.82) is 0 Å². The van der Waals surface area contributed by atoms with Crippen LogP contribution in [-0.2, 0) is 6.54 Å². The SMILES string of the molecule is CC(=Nc1nccs1)NCc1ccc(Cl)nc1. The molecule has 2 rings (SSSR count). The summed E-state index contributed by atoms with van der Waals surface area (Å²) < 4.78 is 0. The summed E-state index contributed by atoms with van der Waals surface area (Å²) in [5.41, 5.74) is 1.06. The Hall–Kier alpha value is -1.46. The van der Waals surface area contributed by atoms with E-state index in [4.69, 9.17) is 11.6 Å². The lowest BCUT2D eigenvalue weighted by molar-refractivity contribution is 0.901. The van der Waals surface area contributed by atoms with E-state index in [-0.39, 0.29) is 0 Å². The maximum atomic E-state index is 5.71. The number of nitrogens with zero attached hydrogens (tertiary/aromatic N) is 3. The van der Waals surface area contributed by atoms with Crippen LogP contribution in [0.5, 0.6) is 0 Å². The Labute approximate surface area is 108 Å². The molecule has 0 saturated carbocycles. The van der Waals surface area contributed by atoms with Gasteiger partial charge >= 0.3 is 0 Å². The number of aliphatic imine (C=N–C) groups is 1. The van der Waals surface area contributed by atoms with E-state index in [9.17, 15) is 0 Å². The first-order valence-corrected chi connectivity index (χ1v) is 6.29. The van der Waals surface area contributed by atoms with Crippen LogP contribution in [0.1, 0.15) is 12.5 Å². The lowest BCUT2D eigenvalue weighted by atomic mass is 10.3. The summed E-state index contributed by atoms with van der Waals surface area (Å²) in [6.45, 7) is 2.58. The summed E-state index contributed by atoms with van der Waals surface area (Å²) in [4.78, 5) is 12.4. The molecule has 6 heteroatoms. The van der Waals surface area contributed by atoms with Gasteiger partial charge in [-0.3, -0.25) is 0 Å². The second-order valence-corrected chi connectivity index (χ2v) is 4.61. The van der Waals surface area contributed by atoms with E-state index in [2.05, 4.69) is 20.3 Å². The third kappa shape index (κ3) is 3.80. The van der Waals surface area contributed by atoms with Crippen LogP contribution in [0.3, 0.4) is 0 Å². The minimum absolute atomic E-state index is 0.502. The van der Waals surface area contributed by atoms with Gasteiger partial charge in [0.1, 0.15) is 11.0 Å². The maximum Gasteiger partial charge on any atom is 0.210 e. The zero-order valence-corrected chi connectivity index (χ0v) is 10.8. The summed E-state index contributed by atoms with van der Waals surface area (Å²) in [7, 11) is 0. The average molecular weight is 267 g/mol. The van der Waals surface area contributed by atoms with E-state index in [0.29, 0.717) is 11.7 Å². The number of pyridine rings is 1. The van der Waals surface area contributed by atoms with Gasteiger partial charge in [0.15, 0.2) is 0 Å². The quantitative estimate of drug-likeness (QED) is 0.528. The Morgan fingerprint density at radius 2 is 2.35 bits per heavy atom. The Bertz CT molecular complexity index is 493. The van der Waals surface area contributed by atoms with Gasteiger partial charge in [0, 0.05) is 24.3 Å². The molecule has 0 fully saturated rings. The molecule has 0 aliphatic heterocycles. The van der Waals surface area contributed by atoms with E-state index in [1.54, 1.807) is 18.5 Å². The van der Waals surface area contributed by atoms with E-state index in [1.807, 2.05) is 18.4 Å². The molecule has 4 nitrogen and oxygen atoms in total. The Morgan fingerprint density at radius 1 is 1.47 bits per heavy atom. The van der Waals surface area contributed by atoms with Gasteiger partial charge in [-0.15, -0.1) is 11.3 Å². The van der Waals surface area contributed by atoms with Crippen molar-refractivity contribution >= 4 is 33.9 Å². The number of aromatic nitrogens is 2. The molecule has 0 aromatic carbocycles. The summed E-state index contributed by atoms with van der Waals surface area (Å²) in [6, 6.07) is 3.70. The van der Waals surface area contributed by atoms with E-state index in [0.717, 1.165) is 16.5 Å². The van der Waals surface area contributed by atoms with Gasteiger partial charge in [-0.1, -0.05) is 17.7 Å². The van der Waals surface area contributed by atoms with Crippen molar-refractivity contribution in [3.05, 3.63) is 40.6 Å². The van der Waals surface area contributed by atoms with E-state index in [1.165, 1.54) is 11.3 Å². The predicted molar refractivity (Wildman–Crippen MR) is 71.0 cm³/mol. The van der Waals surface area contributed by atoms with Crippen LogP contribution < -0.4 is 5.32 Å². The third-order valence-electron chi connectivity index (χ3n) is 2.02. The van der Waals surface area contributed by atoms with Gasteiger partial charge in [0.2, 0.25) is 5.13 Å². The monoisotopic (exact) mass is 266 g/mol. The molecule has 17 heavy (non-hydrogen) atoms. The van der Waals surface area contributed by atoms with Gasteiger partial charge in [-0.25, -0.2) is 15.0 Å². The smallest absolute Gasteiger partial charge is 0.210 e. The molecule has 88 valence electrons. The predicted octanol–water partition coefficient (Wildman–Crippen LogP) is 3.03. The third-order valence-corrected chi connectivity index (χ3v) is 2.91. The van der Waals surface area contributed by atoms with Crippen molar-refractivity contribution in [2.75, 3.05) is 0 Å². The van der Waals surface area contributed by atoms with Gasteiger partial charge in [-0.05, 0) is 18.6 Å². The maximum absolute atomic E-state index is 5.71. The second-order valence-electron chi connectivity index (χ2n) is 3.35. The Morgan fingerprint density at radius 3 is 3.00 bits per heavy atom. The molecule has 2 heterocycles. The van der Waals surface area contributed by atoms with Gasteiger partial charge in [-0.2, -0.15) is 0 Å². The number of rotatable bonds is 3. The average Bonchev–Trinajstić information content (AvgIpc) is 2.81. The van der Waals surface area contributed by atoms with Crippen LogP contribution in [-0.4, -0.2) is 15.8 Å². The molecule has 1 N–H and O–H groups in total. The normalized spacial score (nSPS) is 11.5. The zero-order chi connectivity index (χ0) is 12.1. The van der Waals surface area contributed by atoms with Crippen LogP contribution in [0.4, 0.5) is 5.13 Å². The highest BCUT2D eigenvalue weighted by Gasteiger charge is 1.96. The molecule has 0 saturated heterocycles. The van der Waals surface area contributed by atoms with Crippen molar-refractivity contribution in [2.45, 2.75) is 13.5 Å². The minimum atomic E-state index is 0.502. The van der Waals surface area contributed by atoms with Crippen molar-refractivity contribution in [2.24, 2.45) is 4.99 Å². The molecule has 0 amide bonds. The van der Waals surface area contributed by atoms with Gasteiger partial charge in [0.25, 0.3) is 0 Å². The molecule has 0 atom stereocenters. The van der Waals surface area contributed by atoms with Crippen LogP contribution >= 0.6 is 22.9 Å². The zero-order valence-electron chi connectivity index (χ0n) is 9.22. The Balaban J connectivity index is 1.92.